The van der Waals surface area contributed by atoms with Crippen LogP contribution in [0.2, 0.25) is 0 Å². The number of aromatic nitrogens is 1. The number of rotatable bonds is 5. The third-order valence-electron chi connectivity index (χ3n) is 6.74. The number of piperidine rings is 1. The monoisotopic (exact) mass is 495 g/mol. The van der Waals surface area contributed by atoms with Crippen molar-refractivity contribution in [2.45, 2.75) is 12.8 Å². The summed E-state index contributed by atoms with van der Waals surface area (Å²) in [6.07, 6.45) is 2.85. The SMILES string of the molecule is O=C(Nc1ccc2c(c1)OCO2)C1CCN(C(=O)c2ccccc2-c2ncc(-c3ccccc3)o2)CC1. The zero-order chi connectivity index (χ0) is 25.2. The van der Waals surface area contributed by atoms with Crippen molar-refractivity contribution < 1.29 is 23.5 Å². The van der Waals surface area contributed by atoms with E-state index in [1.165, 1.54) is 0 Å². The molecule has 0 unspecified atom stereocenters. The Bertz CT molecular complexity index is 1440. The van der Waals surface area contributed by atoms with Gasteiger partial charge in [-0.3, -0.25) is 9.59 Å². The minimum absolute atomic E-state index is 0.0559. The van der Waals surface area contributed by atoms with Gasteiger partial charge in [0.05, 0.1) is 11.8 Å². The molecule has 3 heterocycles. The number of oxazole rings is 1. The first-order valence-corrected chi connectivity index (χ1v) is 12.3. The van der Waals surface area contributed by atoms with Crippen molar-refractivity contribution in [2.24, 2.45) is 5.92 Å². The van der Waals surface area contributed by atoms with E-state index in [2.05, 4.69) is 10.3 Å². The Balaban J connectivity index is 1.12. The van der Waals surface area contributed by atoms with Crippen molar-refractivity contribution in [2.75, 3.05) is 25.2 Å². The molecule has 0 aliphatic carbocycles. The van der Waals surface area contributed by atoms with Crippen LogP contribution < -0.4 is 14.8 Å². The van der Waals surface area contributed by atoms with E-state index in [0.717, 1.165) is 5.56 Å². The van der Waals surface area contributed by atoms with Crippen molar-refractivity contribution in [3.8, 4) is 34.3 Å². The van der Waals surface area contributed by atoms with E-state index >= 15 is 0 Å². The van der Waals surface area contributed by atoms with Crippen LogP contribution >= 0.6 is 0 Å². The number of fused-ring (bicyclic) bond motifs is 1. The minimum atomic E-state index is -0.176. The molecule has 0 bridgehead atoms. The smallest absolute Gasteiger partial charge is 0.254 e. The first kappa shape index (κ1) is 22.8. The lowest BCUT2D eigenvalue weighted by Crippen LogP contribution is -2.41. The van der Waals surface area contributed by atoms with E-state index in [0.29, 0.717) is 65.9 Å². The molecule has 3 aromatic carbocycles. The highest BCUT2D eigenvalue weighted by Gasteiger charge is 2.29. The number of hydrogen-bond donors (Lipinski definition) is 1. The minimum Gasteiger partial charge on any atom is -0.454 e. The fourth-order valence-electron chi connectivity index (χ4n) is 4.72. The highest BCUT2D eigenvalue weighted by atomic mass is 16.7. The average Bonchev–Trinajstić information content (AvgIpc) is 3.63. The molecule has 1 N–H and O–H groups in total. The van der Waals surface area contributed by atoms with Gasteiger partial charge in [-0.1, -0.05) is 42.5 Å². The molecule has 1 saturated heterocycles. The van der Waals surface area contributed by atoms with Crippen LogP contribution in [0.4, 0.5) is 5.69 Å². The number of benzene rings is 3. The second-order valence-electron chi connectivity index (χ2n) is 9.07. The molecule has 1 aromatic heterocycles. The average molecular weight is 496 g/mol. The van der Waals surface area contributed by atoms with Gasteiger partial charge in [0.15, 0.2) is 17.3 Å². The van der Waals surface area contributed by atoms with Crippen LogP contribution in [0.15, 0.2) is 83.4 Å². The quantitative estimate of drug-likeness (QED) is 0.408. The Labute approximate surface area is 213 Å². The molecule has 0 radical (unpaired) electrons. The number of carbonyl (C=O) groups is 2. The highest BCUT2D eigenvalue weighted by molar-refractivity contribution is 6.00. The number of anilines is 1. The van der Waals surface area contributed by atoms with Crippen molar-refractivity contribution in [3.63, 3.8) is 0 Å². The number of likely N-dealkylation sites (tertiary alicyclic amines) is 1. The molecule has 0 spiro atoms. The second kappa shape index (κ2) is 9.81. The van der Waals surface area contributed by atoms with Gasteiger partial charge in [-0.2, -0.15) is 0 Å². The Kier molecular flexibility index (Phi) is 6.06. The first-order valence-electron chi connectivity index (χ1n) is 12.3. The van der Waals surface area contributed by atoms with E-state index in [4.69, 9.17) is 13.9 Å². The van der Waals surface area contributed by atoms with Gasteiger partial charge in [0, 0.05) is 41.9 Å². The zero-order valence-corrected chi connectivity index (χ0v) is 20.1. The molecule has 6 rings (SSSR count). The van der Waals surface area contributed by atoms with E-state index in [-0.39, 0.29) is 24.5 Å². The summed E-state index contributed by atoms with van der Waals surface area (Å²) in [5.74, 6) is 2.02. The van der Waals surface area contributed by atoms with Crippen molar-refractivity contribution in [1.29, 1.82) is 0 Å². The summed E-state index contributed by atoms with van der Waals surface area (Å²) in [7, 11) is 0. The molecule has 0 atom stereocenters. The van der Waals surface area contributed by atoms with Gasteiger partial charge >= 0.3 is 0 Å². The number of hydrogen-bond acceptors (Lipinski definition) is 6. The van der Waals surface area contributed by atoms with Gasteiger partial charge in [-0.25, -0.2) is 4.98 Å². The second-order valence-corrected chi connectivity index (χ2v) is 9.07. The lowest BCUT2D eigenvalue weighted by Gasteiger charge is -2.31. The molecule has 2 amide bonds. The van der Waals surface area contributed by atoms with E-state index < -0.39 is 0 Å². The molecule has 1 fully saturated rings. The van der Waals surface area contributed by atoms with Crippen molar-refractivity contribution in [3.05, 3.63) is 84.6 Å². The third kappa shape index (κ3) is 4.65. The Hall–Kier alpha value is -4.59. The third-order valence-corrected chi connectivity index (χ3v) is 6.74. The van der Waals surface area contributed by atoms with Crippen molar-refractivity contribution in [1.82, 2.24) is 9.88 Å². The topological polar surface area (TPSA) is 93.9 Å². The number of nitrogens with one attached hydrogen (secondary N) is 1. The molecular formula is C29H25N3O5. The number of ether oxygens (including phenoxy) is 2. The van der Waals surface area contributed by atoms with Crippen LogP contribution in [-0.4, -0.2) is 41.6 Å². The normalized spacial score (nSPS) is 15.0. The number of carbonyl (C=O) groups excluding carboxylic acids is 2. The van der Waals surface area contributed by atoms with Crippen LogP contribution in [0.1, 0.15) is 23.2 Å². The van der Waals surface area contributed by atoms with Crippen molar-refractivity contribution >= 4 is 17.5 Å². The Morgan fingerprint density at radius 3 is 2.49 bits per heavy atom. The lowest BCUT2D eigenvalue weighted by molar-refractivity contribution is -0.121. The number of nitrogens with zero attached hydrogens (tertiary/aromatic N) is 2. The zero-order valence-electron chi connectivity index (χ0n) is 20.1. The van der Waals surface area contributed by atoms with Crippen LogP contribution in [0.5, 0.6) is 11.5 Å². The molecule has 186 valence electrons. The summed E-state index contributed by atoms with van der Waals surface area (Å²) < 4.78 is 16.7. The van der Waals surface area contributed by atoms with Gasteiger partial charge in [-0.05, 0) is 37.1 Å². The summed E-state index contributed by atoms with van der Waals surface area (Å²) in [4.78, 5) is 32.6. The van der Waals surface area contributed by atoms with Gasteiger partial charge in [-0.15, -0.1) is 0 Å². The van der Waals surface area contributed by atoms with Gasteiger partial charge in [0.1, 0.15) is 0 Å². The fourth-order valence-corrected chi connectivity index (χ4v) is 4.72. The summed E-state index contributed by atoms with van der Waals surface area (Å²) in [6.45, 7) is 1.17. The molecule has 8 heteroatoms. The summed E-state index contributed by atoms with van der Waals surface area (Å²) in [5.41, 5.74) is 2.78. The fraction of sp³-hybridized carbons (Fsp3) is 0.207. The summed E-state index contributed by atoms with van der Waals surface area (Å²) in [6, 6.07) is 22.4. The standard InChI is InChI=1S/C29H25N3O5/c33-27(31-21-10-11-24-25(16-21)36-18-35-24)20-12-14-32(15-13-20)29(34)23-9-5-4-8-22(23)28-30-17-26(37-28)19-6-2-1-3-7-19/h1-11,16-17,20H,12-15,18H2,(H,31,33). The van der Waals surface area contributed by atoms with E-state index in [9.17, 15) is 9.59 Å². The maximum absolute atomic E-state index is 13.5. The number of amides is 2. The Morgan fingerprint density at radius 2 is 1.65 bits per heavy atom. The molecule has 0 saturated carbocycles. The molecule has 8 nitrogen and oxygen atoms in total. The molecule has 37 heavy (non-hydrogen) atoms. The largest absolute Gasteiger partial charge is 0.454 e. The van der Waals surface area contributed by atoms with Gasteiger partial charge in [0.25, 0.3) is 5.91 Å². The van der Waals surface area contributed by atoms with Crippen LogP contribution in [0, 0.1) is 5.92 Å². The first-order chi connectivity index (χ1) is 18.2. The predicted octanol–water partition coefficient (Wildman–Crippen LogP) is 5.23. The van der Waals surface area contributed by atoms with Crippen LogP contribution in [0.3, 0.4) is 0 Å². The lowest BCUT2D eigenvalue weighted by atomic mass is 9.94. The highest BCUT2D eigenvalue weighted by Crippen LogP contribution is 2.35. The van der Waals surface area contributed by atoms with Gasteiger partial charge < -0.3 is 24.1 Å². The van der Waals surface area contributed by atoms with Crippen LogP contribution in [-0.2, 0) is 4.79 Å². The molecular weight excluding hydrogens is 470 g/mol. The predicted molar refractivity (Wildman–Crippen MR) is 137 cm³/mol. The van der Waals surface area contributed by atoms with Gasteiger partial charge in [0.2, 0.25) is 18.6 Å². The molecule has 2 aliphatic heterocycles. The maximum atomic E-state index is 13.5. The summed E-state index contributed by atoms with van der Waals surface area (Å²) in [5, 5.41) is 2.96. The molecule has 4 aromatic rings. The summed E-state index contributed by atoms with van der Waals surface area (Å²) >= 11 is 0. The van der Waals surface area contributed by atoms with E-state index in [1.807, 2.05) is 48.5 Å². The van der Waals surface area contributed by atoms with E-state index in [1.54, 1.807) is 35.4 Å². The molecule has 2 aliphatic rings. The maximum Gasteiger partial charge on any atom is 0.254 e. The van der Waals surface area contributed by atoms with Crippen LogP contribution in [0.25, 0.3) is 22.8 Å². The Morgan fingerprint density at radius 1 is 0.892 bits per heavy atom.